The predicted molar refractivity (Wildman–Crippen MR) is 134 cm³/mol. The molecule has 0 aliphatic carbocycles. The van der Waals surface area contributed by atoms with E-state index in [9.17, 15) is 9.59 Å². The SMILES string of the molecule is CCO[C@@H](Cc1ccc(CCC(OC(=O)NCc2ccccc2)c2ccccc2)cc1)C(C)=O. The van der Waals surface area contributed by atoms with Crippen LogP contribution in [0.15, 0.2) is 84.9 Å². The fourth-order valence-electron chi connectivity index (χ4n) is 3.78. The quantitative estimate of drug-likeness (QED) is 0.370. The Kier molecular flexibility index (Phi) is 9.86. The van der Waals surface area contributed by atoms with Crippen molar-refractivity contribution in [3.63, 3.8) is 0 Å². The second kappa shape index (κ2) is 13.3. The van der Waals surface area contributed by atoms with Gasteiger partial charge in [0.1, 0.15) is 12.2 Å². The number of Topliss-reactive ketones (excluding diaryl/α,β-unsaturated/α-hetero) is 1. The standard InChI is InChI=1S/C29H33NO4/c1-3-33-28(22(2)31)20-24-16-14-23(15-17-24)18-19-27(26-12-8-5-9-13-26)34-29(32)30-21-25-10-6-4-7-11-25/h4-17,27-28H,3,18-21H2,1-2H3,(H,30,32)/t27?,28-/m0/s1. The fourth-order valence-corrected chi connectivity index (χ4v) is 3.78. The summed E-state index contributed by atoms with van der Waals surface area (Å²) in [5, 5.41) is 2.84. The number of aryl methyl sites for hydroxylation is 1. The number of carbonyl (C=O) groups is 2. The van der Waals surface area contributed by atoms with Gasteiger partial charge in [-0.2, -0.15) is 0 Å². The van der Waals surface area contributed by atoms with E-state index < -0.39 is 12.2 Å². The molecular formula is C29H33NO4. The van der Waals surface area contributed by atoms with Crippen LogP contribution in [0.4, 0.5) is 4.79 Å². The van der Waals surface area contributed by atoms with E-state index in [1.807, 2.05) is 79.7 Å². The van der Waals surface area contributed by atoms with E-state index in [0.29, 0.717) is 26.0 Å². The summed E-state index contributed by atoms with van der Waals surface area (Å²) in [5.74, 6) is 0.0410. The van der Waals surface area contributed by atoms with Gasteiger partial charge in [-0.15, -0.1) is 0 Å². The third-order valence-corrected chi connectivity index (χ3v) is 5.66. The molecule has 178 valence electrons. The first-order valence-electron chi connectivity index (χ1n) is 11.8. The molecule has 0 heterocycles. The molecule has 0 spiro atoms. The van der Waals surface area contributed by atoms with E-state index in [0.717, 1.165) is 28.7 Å². The van der Waals surface area contributed by atoms with Crippen LogP contribution in [0.1, 0.15) is 48.6 Å². The predicted octanol–water partition coefficient (Wildman–Crippen LogP) is 5.82. The first kappa shape index (κ1) is 25.2. The monoisotopic (exact) mass is 459 g/mol. The van der Waals surface area contributed by atoms with Gasteiger partial charge < -0.3 is 14.8 Å². The van der Waals surface area contributed by atoms with Crippen LogP contribution in [-0.4, -0.2) is 24.6 Å². The molecule has 5 nitrogen and oxygen atoms in total. The maximum Gasteiger partial charge on any atom is 0.408 e. The van der Waals surface area contributed by atoms with E-state index in [4.69, 9.17) is 9.47 Å². The molecule has 0 aliphatic rings. The lowest BCUT2D eigenvalue weighted by molar-refractivity contribution is -0.127. The van der Waals surface area contributed by atoms with Gasteiger partial charge in [0.15, 0.2) is 5.78 Å². The molecule has 1 unspecified atom stereocenters. The van der Waals surface area contributed by atoms with Crippen molar-refractivity contribution in [3.8, 4) is 0 Å². The van der Waals surface area contributed by atoms with Crippen molar-refractivity contribution in [2.45, 2.75) is 51.9 Å². The summed E-state index contributed by atoms with van der Waals surface area (Å²) in [4.78, 5) is 24.3. The molecule has 2 atom stereocenters. The lowest BCUT2D eigenvalue weighted by Crippen LogP contribution is -2.26. The molecule has 0 radical (unpaired) electrons. The van der Waals surface area contributed by atoms with Crippen molar-refractivity contribution < 1.29 is 19.1 Å². The minimum Gasteiger partial charge on any atom is -0.441 e. The average molecular weight is 460 g/mol. The fraction of sp³-hybridized carbons (Fsp3) is 0.310. The van der Waals surface area contributed by atoms with Gasteiger partial charge in [-0.1, -0.05) is 84.9 Å². The third kappa shape index (κ3) is 8.16. The van der Waals surface area contributed by atoms with Crippen molar-refractivity contribution in [2.24, 2.45) is 0 Å². The second-order valence-electron chi connectivity index (χ2n) is 8.26. The highest BCUT2D eigenvalue weighted by atomic mass is 16.6. The molecule has 5 heteroatoms. The number of nitrogens with one attached hydrogen (secondary N) is 1. The Morgan fingerprint density at radius 2 is 1.44 bits per heavy atom. The van der Waals surface area contributed by atoms with Gasteiger partial charge in [0, 0.05) is 19.6 Å². The summed E-state index contributed by atoms with van der Waals surface area (Å²) in [7, 11) is 0. The van der Waals surface area contributed by atoms with Gasteiger partial charge >= 0.3 is 6.09 Å². The van der Waals surface area contributed by atoms with E-state index in [1.54, 1.807) is 6.92 Å². The lowest BCUT2D eigenvalue weighted by atomic mass is 9.99. The highest BCUT2D eigenvalue weighted by molar-refractivity contribution is 5.80. The molecule has 0 saturated carbocycles. The van der Waals surface area contributed by atoms with Crippen LogP contribution < -0.4 is 5.32 Å². The molecule has 1 N–H and O–H groups in total. The normalized spacial score (nSPS) is 12.5. The van der Waals surface area contributed by atoms with Crippen molar-refractivity contribution in [1.29, 1.82) is 0 Å². The number of ketones is 1. The van der Waals surface area contributed by atoms with Crippen molar-refractivity contribution >= 4 is 11.9 Å². The summed E-state index contributed by atoms with van der Waals surface area (Å²) >= 11 is 0. The zero-order valence-electron chi connectivity index (χ0n) is 19.9. The molecule has 34 heavy (non-hydrogen) atoms. The largest absolute Gasteiger partial charge is 0.441 e. The Labute approximate surface area is 202 Å². The van der Waals surface area contributed by atoms with Crippen LogP contribution in [0.3, 0.4) is 0 Å². The molecule has 0 aromatic heterocycles. The number of ether oxygens (including phenoxy) is 2. The Hall–Kier alpha value is -3.44. The van der Waals surface area contributed by atoms with E-state index >= 15 is 0 Å². The summed E-state index contributed by atoms with van der Waals surface area (Å²) in [6.45, 7) is 4.40. The summed E-state index contributed by atoms with van der Waals surface area (Å²) in [6.07, 6.45) is 0.808. The van der Waals surface area contributed by atoms with Crippen LogP contribution in [0.2, 0.25) is 0 Å². The van der Waals surface area contributed by atoms with Gasteiger partial charge in [-0.05, 0) is 48.9 Å². The molecular weight excluding hydrogens is 426 g/mol. The summed E-state index contributed by atoms with van der Waals surface area (Å²) < 4.78 is 11.4. The number of amides is 1. The maximum absolute atomic E-state index is 12.5. The van der Waals surface area contributed by atoms with Gasteiger partial charge in [-0.3, -0.25) is 4.79 Å². The average Bonchev–Trinajstić information content (AvgIpc) is 2.87. The first-order chi connectivity index (χ1) is 16.5. The van der Waals surface area contributed by atoms with Crippen molar-refractivity contribution in [2.75, 3.05) is 6.61 Å². The van der Waals surface area contributed by atoms with Crippen LogP contribution in [0, 0.1) is 0 Å². The minimum absolute atomic E-state index is 0.0410. The maximum atomic E-state index is 12.5. The smallest absolute Gasteiger partial charge is 0.408 e. The second-order valence-corrected chi connectivity index (χ2v) is 8.26. The highest BCUT2D eigenvalue weighted by Gasteiger charge is 2.18. The molecule has 3 rings (SSSR count). The zero-order valence-corrected chi connectivity index (χ0v) is 19.9. The first-order valence-corrected chi connectivity index (χ1v) is 11.8. The van der Waals surface area contributed by atoms with Crippen LogP contribution in [-0.2, 0) is 33.7 Å². The lowest BCUT2D eigenvalue weighted by Gasteiger charge is -2.19. The van der Waals surface area contributed by atoms with Gasteiger partial charge in [0.25, 0.3) is 0 Å². The topological polar surface area (TPSA) is 64.6 Å². The highest BCUT2D eigenvalue weighted by Crippen LogP contribution is 2.24. The number of carbonyl (C=O) groups excluding carboxylic acids is 2. The van der Waals surface area contributed by atoms with E-state index in [-0.39, 0.29) is 11.9 Å². The Balaban J connectivity index is 1.58. The van der Waals surface area contributed by atoms with E-state index in [1.165, 1.54) is 0 Å². The third-order valence-electron chi connectivity index (χ3n) is 5.66. The number of benzene rings is 3. The zero-order chi connectivity index (χ0) is 24.2. The molecule has 3 aromatic rings. The van der Waals surface area contributed by atoms with Crippen molar-refractivity contribution in [1.82, 2.24) is 5.32 Å². The van der Waals surface area contributed by atoms with Crippen LogP contribution in [0.25, 0.3) is 0 Å². The van der Waals surface area contributed by atoms with Gasteiger partial charge in [0.05, 0.1) is 0 Å². The number of alkyl carbamates (subject to hydrolysis) is 1. The molecule has 1 amide bonds. The molecule has 0 aliphatic heterocycles. The van der Waals surface area contributed by atoms with E-state index in [2.05, 4.69) is 17.4 Å². The number of hydrogen-bond donors (Lipinski definition) is 1. The van der Waals surface area contributed by atoms with Crippen molar-refractivity contribution in [3.05, 3.63) is 107 Å². The number of hydrogen-bond acceptors (Lipinski definition) is 4. The van der Waals surface area contributed by atoms with Gasteiger partial charge in [-0.25, -0.2) is 4.79 Å². The Morgan fingerprint density at radius 3 is 2.06 bits per heavy atom. The molecule has 0 fully saturated rings. The van der Waals surface area contributed by atoms with Crippen LogP contribution in [0.5, 0.6) is 0 Å². The summed E-state index contributed by atoms with van der Waals surface area (Å²) in [5.41, 5.74) is 4.20. The molecule has 0 saturated heterocycles. The van der Waals surface area contributed by atoms with Crippen LogP contribution >= 0.6 is 0 Å². The molecule has 3 aromatic carbocycles. The molecule has 0 bridgehead atoms. The summed E-state index contributed by atoms with van der Waals surface area (Å²) in [6, 6.07) is 27.8. The Morgan fingerprint density at radius 1 is 0.824 bits per heavy atom. The van der Waals surface area contributed by atoms with Gasteiger partial charge in [0.2, 0.25) is 0 Å². The number of rotatable bonds is 12. The Bertz CT molecular complexity index is 1020. The minimum atomic E-state index is -0.431.